The topological polar surface area (TPSA) is 64.8 Å². The Labute approximate surface area is 107 Å². The van der Waals surface area contributed by atoms with Crippen molar-refractivity contribution in [1.82, 2.24) is 14.5 Å². The van der Waals surface area contributed by atoms with Gasteiger partial charge in [-0.25, -0.2) is 0 Å². The van der Waals surface area contributed by atoms with E-state index < -0.39 is 0 Å². The van der Waals surface area contributed by atoms with Crippen LogP contribution in [0.2, 0.25) is 0 Å². The number of hydrogen-bond donors (Lipinski definition) is 1. The van der Waals surface area contributed by atoms with Crippen molar-refractivity contribution < 1.29 is 0 Å². The second-order valence-electron chi connectivity index (χ2n) is 4.10. The summed E-state index contributed by atoms with van der Waals surface area (Å²) in [6.07, 6.45) is 1.61. The number of rotatable bonds is 7. The van der Waals surface area contributed by atoms with Crippen molar-refractivity contribution in [3.05, 3.63) is 5.69 Å². The van der Waals surface area contributed by atoms with E-state index >= 15 is 0 Å². The van der Waals surface area contributed by atoms with E-state index in [1.54, 1.807) is 0 Å². The number of nitrogens with zero attached hydrogens (tertiary/aromatic N) is 4. The Morgan fingerprint density at radius 2 is 2.35 bits per heavy atom. The van der Waals surface area contributed by atoms with Crippen molar-refractivity contribution in [1.29, 1.82) is 5.26 Å². The van der Waals surface area contributed by atoms with Gasteiger partial charge in [0, 0.05) is 30.7 Å². The average molecular weight is 253 g/mol. The second-order valence-corrected chi connectivity index (χ2v) is 4.86. The third kappa shape index (κ3) is 4.29. The van der Waals surface area contributed by atoms with Crippen LogP contribution in [0.5, 0.6) is 0 Å². The Morgan fingerprint density at radius 1 is 1.59 bits per heavy atom. The molecule has 0 saturated carbocycles. The SMILES string of the molecule is CCCNc1snnc1CN(C)C(C)CC#N. The Bertz CT molecular complexity index is 370. The van der Waals surface area contributed by atoms with E-state index in [4.69, 9.17) is 5.26 Å². The molecular formula is C11H19N5S. The summed E-state index contributed by atoms with van der Waals surface area (Å²) < 4.78 is 3.97. The number of aromatic nitrogens is 2. The lowest BCUT2D eigenvalue weighted by Crippen LogP contribution is -2.28. The van der Waals surface area contributed by atoms with Gasteiger partial charge in [-0.2, -0.15) is 5.26 Å². The minimum Gasteiger partial charge on any atom is -0.374 e. The maximum absolute atomic E-state index is 8.67. The van der Waals surface area contributed by atoms with Gasteiger partial charge in [0.1, 0.15) is 10.7 Å². The number of anilines is 1. The molecule has 0 aliphatic carbocycles. The minimum absolute atomic E-state index is 0.237. The van der Waals surface area contributed by atoms with Gasteiger partial charge in [-0.3, -0.25) is 4.90 Å². The maximum Gasteiger partial charge on any atom is 0.134 e. The fourth-order valence-corrected chi connectivity index (χ4v) is 1.96. The number of nitriles is 1. The molecule has 0 aliphatic rings. The summed E-state index contributed by atoms with van der Waals surface area (Å²) in [6, 6.07) is 2.42. The second kappa shape index (κ2) is 7.20. The van der Waals surface area contributed by atoms with Crippen LogP contribution < -0.4 is 5.32 Å². The monoisotopic (exact) mass is 253 g/mol. The zero-order chi connectivity index (χ0) is 12.7. The molecule has 1 heterocycles. The van der Waals surface area contributed by atoms with Crippen molar-refractivity contribution >= 4 is 16.5 Å². The van der Waals surface area contributed by atoms with Crippen molar-refractivity contribution in [2.45, 2.75) is 39.3 Å². The van der Waals surface area contributed by atoms with Crippen LogP contribution in [-0.2, 0) is 6.54 Å². The predicted molar refractivity (Wildman–Crippen MR) is 69.8 cm³/mol. The van der Waals surface area contributed by atoms with Crippen molar-refractivity contribution in [2.75, 3.05) is 18.9 Å². The van der Waals surface area contributed by atoms with E-state index in [1.807, 2.05) is 14.0 Å². The lowest BCUT2D eigenvalue weighted by Gasteiger charge is -2.21. The molecule has 1 N–H and O–H groups in total. The average Bonchev–Trinajstić information content (AvgIpc) is 2.74. The van der Waals surface area contributed by atoms with E-state index in [2.05, 4.69) is 32.8 Å². The highest BCUT2D eigenvalue weighted by Crippen LogP contribution is 2.19. The van der Waals surface area contributed by atoms with Crippen LogP contribution in [0.3, 0.4) is 0 Å². The van der Waals surface area contributed by atoms with Crippen molar-refractivity contribution in [2.24, 2.45) is 0 Å². The van der Waals surface area contributed by atoms with Crippen LogP contribution in [0, 0.1) is 11.3 Å². The third-order valence-electron chi connectivity index (χ3n) is 2.63. The molecule has 0 amide bonds. The van der Waals surface area contributed by atoms with E-state index in [1.165, 1.54) is 11.5 Å². The molecule has 0 fully saturated rings. The first-order valence-electron chi connectivity index (χ1n) is 5.81. The highest BCUT2D eigenvalue weighted by molar-refractivity contribution is 7.10. The lowest BCUT2D eigenvalue weighted by atomic mass is 10.2. The van der Waals surface area contributed by atoms with Crippen LogP contribution in [-0.4, -0.2) is 34.1 Å². The summed E-state index contributed by atoms with van der Waals surface area (Å²) in [5.74, 6) is 0. The van der Waals surface area contributed by atoms with Crippen LogP contribution in [0.25, 0.3) is 0 Å². The molecule has 17 heavy (non-hydrogen) atoms. The molecule has 0 bridgehead atoms. The van der Waals surface area contributed by atoms with Gasteiger partial charge in [0.05, 0.1) is 12.5 Å². The smallest absolute Gasteiger partial charge is 0.134 e. The molecular weight excluding hydrogens is 234 g/mol. The molecule has 0 aliphatic heterocycles. The summed E-state index contributed by atoms with van der Waals surface area (Å²) in [7, 11) is 2.00. The van der Waals surface area contributed by atoms with Gasteiger partial charge in [0.25, 0.3) is 0 Å². The van der Waals surface area contributed by atoms with Gasteiger partial charge >= 0.3 is 0 Å². The number of hydrogen-bond acceptors (Lipinski definition) is 6. The van der Waals surface area contributed by atoms with Crippen molar-refractivity contribution in [3.63, 3.8) is 0 Å². The Balaban J connectivity index is 2.56. The number of nitrogens with one attached hydrogen (secondary N) is 1. The quantitative estimate of drug-likeness (QED) is 0.806. The molecule has 1 atom stereocenters. The Hall–Kier alpha value is -1.19. The van der Waals surface area contributed by atoms with Gasteiger partial charge in [-0.1, -0.05) is 11.4 Å². The maximum atomic E-state index is 8.67. The fraction of sp³-hybridized carbons (Fsp3) is 0.727. The van der Waals surface area contributed by atoms with E-state index in [0.29, 0.717) is 6.42 Å². The van der Waals surface area contributed by atoms with Gasteiger partial charge < -0.3 is 5.32 Å². The molecule has 1 rings (SSSR count). The lowest BCUT2D eigenvalue weighted by molar-refractivity contribution is 0.250. The highest BCUT2D eigenvalue weighted by atomic mass is 32.1. The first kappa shape index (κ1) is 13.9. The van der Waals surface area contributed by atoms with E-state index in [9.17, 15) is 0 Å². The third-order valence-corrected chi connectivity index (χ3v) is 3.36. The zero-order valence-electron chi connectivity index (χ0n) is 10.6. The first-order valence-corrected chi connectivity index (χ1v) is 6.58. The summed E-state index contributed by atoms with van der Waals surface area (Å²) in [5, 5.41) is 17.2. The molecule has 1 unspecified atom stereocenters. The summed E-state index contributed by atoms with van der Waals surface area (Å²) in [4.78, 5) is 2.12. The molecule has 0 aromatic carbocycles. The minimum atomic E-state index is 0.237. The normalized spacial score (nSPS) is 12.4. The Morgan fingerprint density at radius 3 is 3.00 bits per heavy atom. The van der Waals surface area contributed by atoms with Crippen LogP contribution in [0.15, 0.2) is 0 Å². The largest absolute Gasteiger partial charge is 0.374 e. The summed E-state index contributed by atoms with van der Waals surface area (Å²) >= 11 is 1.39. The van der Waals surface area contributed by atoms with E-state index in [-0.39, 0.29) is 6.04 Å². The van der Waals surface area contributed by atoms with Crippen LogP contribution in [0.4, 0.5) is 5.00 Å². The molecule has 0 saturated heterocycles. The molecule has 94 valence electrons. The van der Waals surface area contributed by atoms with Crippen LogP contribution >= 0.6 is 11.5 Å². The molecule has 0 radical (unpaired) electrons. The zero-order valence-corrected chi connectivity index (χ0v) is 11.4. The fourth-order valence-electron chi connectivity index (χ4n) is 1.36. The summed E-state index contributed by atoms with van der Waals surface area (Å²) in [6.45, 7) is 5.84. The Kier molecular flexibility index (Phi) is 5.87. The van der Waals surface area contributed by atoms with Gasteiger partial charge in [0.2, 0.25) is 0 Å². The van der Waals surface area contributed by atoms with Gasteiger partial charge in [-0.05, 0) is 20.4 Å². The molecule has 6 heteroatoms. The standard InChI is InChI=1S/C11H19N5S/c1-4-7-13-11-10(14-15-17-11)8-16(3)9(2)5-6-12/h9,13H,4-5,7-8H2,1-3H3. The molecule has 0 spiro atoms. The van der Waals surface area contributed by atoms with Crippen molar-refractivity contribution in [3.8, 4) is 6.07 Å². The van der Waals surface area contributed by atoms with Gasteiger partial charge in [-0.15, -0.1) is 5.10 Å². The molecule has 1 aromatic heterocycles. The molecule has 5 nitrogen and oxygen atoms in total. The highest BCUT2D eigenvalue weighted by Gasteiger charge is 2.14. The first-order chi connectivity index (χ1) is 8.19. The summed E-state index contributed by atoms with van der Waals surface area (Å²) in [5.41, 5.74) is 0.968. The van der Waals surface area contributed by atoms with Gasteiger partial charge in [0.15, 0.2) is 0 Å². The van der Waals surface area contributed by atoms with Crippen LogP contribution in [0.1, 0.15) is 32.4 Å². The van der Waals surface area contributed by atoms with E-state index in [0.717, 1.165) is 30.2 Å². The predicted octanol–water partition coefficient (Wildman–Crippen LogP) is 2.09. The molecule has 1 aromatic rings.